The van der Waals surface area contributed by atoms with Crippen molar-refractivity contribution in [1.82, 2.24) is 0 Å². The maximum Gasteiger partial charge on any atom is 0.0627 e. The number of ether oxygens (including phenoxy) is 1. The Morgan fingerprint density at radius 1 is 0.864 bits per heavy atom. The average Bonchev–Trinajstić information content (AvgIpc) is 2.84. The van der Waals surface area contributed by atoms with E-state index >= 15 is 0 Å². The van der Waals surface area contributed by atoms with Crippen molar-refractivity contribution in [3.8, 4) is 0 Å². The summed E-state index contributed by atoms with van der Waals surface area (Å²) in [5.41, 5.74) is 0.946. The fraction of sp³-hybridized carbons (Fsp3) is 1.00. The minimum atomic E-state index is -0.0205. The van der Waals surface area contributed by atoms with Gasteiger partial charge in [0.2, 0.25) is 0 Å². The van der Waals surface area contributed by atoms with Crippen molar-refractivity contribution in [1.29, 1.82) is 0 Å². The predicted octanol–water partition coefficient (Wildman–Crippen LogP) is 4.41. The standard InChI is InChI=1S/C20H34O2/c1-19-10-8-14(21)12-13(19)4-5-15-16-6-7-18(22-3)20(16,2)11-9-17(15)19/h13-18,21H,4-12H2,1-3H3/t13-,14?,15?,16-,17-,18-,19-,20-/m0/s1. The molecule has 4 saturated carbocycles. The first-order valence-corrected chi connectivity index (χ1v) is 9.70. The largest absolute Gasteiger partial charge is 0.393 e. The van der Waals surface area contributed by atoms with Crippen LogP contribution in [0.25, 0.3) is 0 Å². The molecule has 4 fully saturated rings. The lowest BCUT2D eigenvalue weighted by molar-refractivity contribution is -0.137. The van der Waals surface area contributed by atoms with E-state index in [1.807, 2.05) is 7.11 Å². The lowest BCUT2D eigenvalue weighted by atomic mass is 9.45. The lowest BCUT2D eigenvalue weighted by Gasteiger charge is -2.60. The maximum atomic E-state index is 10.1. The van der Waals surface area contributed by atoms with Crippen molar-refractivity contribution >= 4 is 0 Å². The van der Waals surface area contributed by atoms with Crippen LogP contribution in [-0.2, 0) is 4.74 Å². The molecular weight excluding hydrogens is 272 g/mol. The Labute approximate surface area is 136 Å². The molecule has 8 atom stereocenters. The van der Waals surface area contributed by atoms with E-state index in [2.05, 4.69) is 13.8 Å². The van der Waals surface area contributed by atoms with Gasteiger partial charge in [-0.25, -0.2) is 0 Å². The van der Waals surface area contributed by atoms with Gasteiger partial charge in [-0.05, 0) is 92.3 Å². The molecular formula is C20H34O2. The molecule has 0 radical (unpaired) electrons. The number of methoxy groups -OCH3 is 1. The number of aliphatic hydroxyl groups excluding tert-OH is 1. The smallest absolute Gasteiger partial charge is 0.0627 e. The van der Waals surface area contributed by atoms with Crippen LogP contribution in [0.15, 0.2) is 0 Å². The molecule has 0 amide bonds. The van der Waals surface area contributed by atoms with Crippen molar-refractivity contribution in [2.45, 2.75) is 83.8 Å². The third kappa shape index (κ3) is 1.99. The second kappa shape index (κ2) is 5.21. The van der Waals surface area contributed by atoms with Crippen LogP contribution in [-0.4, -0.2) is 24.4 Å². The number of aliphatic hydroxyl groups is 1. The van der Waals surface area contributed by atoms with E-state index in [-0.39, 0.29) is 6.10 Å². The van der Waals surface area contributed by atoms with E-state index in [4.69, 9.17) is 4.74 Å². The molecule has 1 N–H and O–H groups in total. The van der Waals surface area contributed by atoms with Crippen molar-refractivity contribution in [2.24, 2.45) is 34.5 Å². The zero-order chi connectivity index (χ0) is 15.5. The molecule has 0 aromatic heterocycles. The molecule has 4 aliphatic carbocycles. The van der Waals surface area contributed by atoms with Gasteiger partial charge in [0, 0.05) is 7.11 Å². The summed E-state index contributed by atoms with van der Waals surface area (Å²) in [6.07, 6.45) is 12.1. The minimum Gasteiger partial charge on any atom is -0.393 e. The zero-order valence-corrected chi connectivity index (χ0v) is 14.7. The van der Waals surface area contributed by atoms with Crippen LogP contribution in [0.3, 0.4) is 0 Å². The van der Waals surface area contributed by atoms with Gasteiger partial charge in [-0.2, -0.15) is 0 Å². The topological polar surface area (TPSA) is 29.5 Å². The van der Waals surface area contributed by atoms with Gasteiger partial charge in [-0.1, -0.05) is 13.8 Å². The second-order valence-electron chi connectivity index (χ2n) is 9.43. The fourth-order valence-corrected chi connectivity index (χ4v) is 7.57. The van der Waals surface area contributed by atoms with Crippen molar-refractivity contribution in [2.75, 3.05) is 7.11 Å². The molecule has 22 heavy (non-hydrogen) atoms. The SMILES string of the molecule is CO[C@H]1CC[C@H]2C3CC[C@H]4CC(O)CC[C@]4(C)[C@H]3CC[C@]12C. The van der Waals surface area contributed by atoms with Gasteiger partial charge in [-0.15, -0.1) is 0 Å². The number of rotatable bonds is 1. The molecule has 0 saturated heterocycles. The van der Waals surface area contributed by atoms with Gasteiger partial charge in [0.15, 0.2) is 0 Å². The summed E-state index contributed by atoms with van der Waals surface area (Å²) in [7, 11) is 1.92. The quantitative estimate of drug-likeness (QED) is 0.778. The molecule has 4 rings (SSSR count). The second-order valence-corrected chi connectivity index (χ2v) is 9.43. The average molecular weight is 306 g/mol. The summed E-state index contributed by atoms with van der Waals surface area (Å²) >= 11 is 0. The highest BCUT2D eigenvalue weighted by atomic mass is 16.5. The molecule has 4 aliphatic rings. The van der Waals surface area contributed by atoms with Crippen molar-refractivity contribution < 1.29 is 9.84 Å². The summed E-state index contributed by atoms with van der Waals surface area (Å²) in [5.74, 6) is 3.50. The van der Waals surface area contributed by atoms with E-state index in [9.17, 15) is 5.11 Å². The third-order valence-electron chi connectivity index (χ3n) is 8.84. The highest BCUT2D eigenvalue weighted by Gasteiger charge is 2.60. The summed E-state index contributed by atoms with van der Waals surface area (Å²) in [5, 5.41) is 10.1. The Kier molecular flexibility index (Phi) is 3.66. The Morgan fingerprint density at radius 2 is 1.59 bits per heavy atom. The van der Waals surface area contributed by atoms with Gasteiger partial charge in [0.1, 0.15) is 0 Å². The Morgan fingerprint density at radius 3 is 2.36 bits per heavy atom. The van der Waals surface area contributed by atoms with Crippen LogP contribution < -0.4 is 0 Å². The number of hydrogen-bond acceptors (Lipinski definition) is 2. The third-order valence-corrected chi connectivity index (χ3v) is 8.84. The minimum absolute atomic E-state index is 0.0205. The lowest BCUT2D eigenvalue weighted by Crippen LogP contribution is -2.54. The van der Waals surface area contributed by atoms with E-state index in [1.165, 1.54) is 44.9 Å². The van der Waals surface area contributed by atoms with Crippen LogP contribution in [0.5, 0.6) is 0 Å². The first kappa shape index (κ1) is 15.4. The summed E-state index contributed by atoms with van der Waals surface area (Å²) in [4.78, 5) is 0. The normalized spacial score (nSPS) is 57.8. The molecule has 2 unspecified atom stereocenters. The van der Waals surface area contributed by atoms with Crippen LogP contribution in [0.4, 0.5) is 0 Å². The number of fused-ring (bicyclic) bond motifs is 5. The van der Waals surface area contributed by atoms with Gasteiger partial charge >= 0.3 is 0 Å². The van der Waals surface area contributed by atoms with Gasteiger partial charge in [0.05, 0.1) is 12.2 Å². The van der Waals surface area contributed by atoms with Crippen LogP contribution >= 0.6 is 0 Å². The van der Waals surface area contributed by atoms with E-state index < -0.39 is 0 Å². The summed E-state index contributed by atoms with van der Waals surface area (Å²) < 4.78 is 5.88. The summed E-state index contributed by atoms with van der Waals surface area (Å²) in [6.45, 7) is 5.10. The highest BCUT2D eigenvalue weighted by Crippen LogP contribution is 2.66. The Bertz CT molecular complexity index is 435. The first-order valence-electron chi connectivity index (χ1n) is 9.70. The van der Waals surface area contributed by atoms with E-state index in [0.717, 1.165) is 36.5 Å². The Hall–Kier alpha value is -0.0800. The predicted molar refractivity (Wildman–Crippen MR) is 88.5 cm³/mol. The molecule has 0 spiro atoms. The van der Waals surface area contributed by atoms with Gasteiger partial charge in [0.25, 0.3) is 0 Å². The highest BCUT2D eigenvalue weighted by molar-refractivity contribution is 5.09. The monoisotopic (exact) mass is 306 g/mol. The fourth-order valence-electron chi connectivity index (χ4n) is 7.57. The van der Waals surface area contributed by atoms with Gasteiger partial charge < -0.3 is 9.84 Å². The molecule has 0 heterocycles. The molecule has 2 nitrogen and oxygen atoms in total. The molecule has 0 aliphatic heterocycles. The number of hydrogen-bond donors (Lipinski definition) is 1. The Balaban J connectivity index is 1.61. The van der Waals surface area contributed by atoms with Crippen LogP contribution in [0.2, 0.25) is 0 Å². The maximum absolute atomic E-state index is 10.1. The van der Waals surface area contributed by atoms with Crippen molar-refractivity contribution in [3.63, 3.8) is 0 Å². The van der Waals surface area contributed by atoms with E-state index in [0.29, 0.717) is 16.9 Å². The zero-order valence-electron chi connectivity index (χ0n) is 14.7. The summed E-state index contributed by atoms with van der Waals surface area (Å²) in [6, 6.07) is 0. The first-order chi connectivity index (χ1) is 10.5. The molecule has 0 aromatic carbocycles. The van der Waals surface area contributed by atoms with Crippen molar-refractivity contribution in [3.05, 3.63) is 0 Å². The van der Waals surface area contributed by atoms with E-state index in [1.54, 1.807) is 0 Å². The molecule has 126 valence electrons. The van der Waals surface area contributed by atoms with Crippen LogP contribution in [0, 0.1) is 34.5 Å². The van der Waals surface area contributed by atoms with Crippen LogP contribution in [0.1, 0.15) is 71.6 Å². The van der Waals surface area contributed by atoms with Gasteiger partial charge in [-0.3, -0.25) is 0 Å². The molecule has 0 aromatic rings. The molecule has 0 bridgehead atoms. The molecule has 2 heteroatoms.